The van der Waals surface area contributed by atoms with Gasteiger partial charge in [-0.1, -0.05) is 6.08 Å². The fourth-order valence-electron chi connectivity index (χ4n) is 2.53. The van der Waals surface area contributed by atoms with Crippen molar-refractivity contribution in [1.29, 1.82) is 0 Å². The van der Waals surface area contributed by atoms with Crippen LogP contribution in [0.25, 0.3) is 6.08 Å². The molecule has 2 rings (SSSR count). The Morgan fingerprint density at radius 1 is 0.786 bits per heavy atom. The predicted molar refractivity (Wildman–Crippen MR) is 104 cm³/mol. The van der Waals surface area contributed by atoms with Gasteiger partial charge in [0, 0.05) is 12.5 Å². The van der Waals surface area contributed by atoms with Crippen molar-refractivity contribution in [1.82, 2.24) is 0 Å². The molecule has 7 heteroatoms. The Bertz CT molecular complexity index is 875. The van der Waals surface area contributed by atoms with E-state index in [1.165, 1.54) is 47.5 Å². The van der Waals surface area contributed by atoms with Crippen molar-refractivity contribution in [2.75, 3.05) is 28.4 Å². The van der Waals surface area contributed by atoms with Crippen molar-refractivity contribution in [3.05, 3.63) is 47.5 Å². The summed E-state index contributed by atoms with van der Waals surface area (Å²) < 4.78 is 26.1. The van der Waals surface area contributed by atoms with Crippen LogP contribution in [0.2, 0.25) is 0 Å². The van der Waals surface area contributed by atoms with E-state index in [2.05, 4.69) is 0 Å². The number of carbonyl (C=O) groups excluding carboxylic acids is 2. The van der Waals surface area contributed by atoms with E-state index in [4.69, 9.17) is 23.7 Å². The summed E-state index contributed by atoms with van der Waals surface area (Å²) in [5.74, 6) is 1.20. The summed E-state index contributed by atoms with van der Waals surface area (Å²) in [5, 5.41) is 0. The molecule has 148 valence electrons. The Morgan fingerprint density at radius 2 is 1.39 bits per heavy atom. The van der Waals surface area contributed by atoms with E-state index in [1.807, 2.05) is 0 Å². The van der Waals surface area contributed by atoms with Crippen molar-refractivity contribution >= 4 is 17.8 Å². The Kier molecular flexibility index (Phi) is 7.03. The molecule has 7 nitrogen and oxygen atoms in total. The lowest BCUT2D eigenvalue weighted by Crippen LogP contribution is -2.04. The molecule has 28 heavy (non-hydrogen) atoms. The molecule has 0 N–H and O–H groups in total. The first-order chi connectivity index (χ1) is 13.4. The van der Waals surface area contributed by atoms with E-state index in [1.54, 1.807) is 30.3 Å². The summed E-state index contributed by atoms with van der Waals surface area (Å²) in [6, 6.07) is 8.07. The van der Waals surface area contributed by atoms with E-state index in [0.29, 0.717) is 34.1 Å². The number of ether oxygens (including phenoxy) is 5. The van der Waals surface area contributed by atoms with Crippen LogP contribution in [0.5, 0.6) is 28.7 Å². The second kappa shape index (κ2) is 9.45. The van der Waals surface area contributed by atoms with Gasteiger partial charge in [0.05, 0.1) is 28.4 Å². The molecule has 2 aromatic rings. The smallest absolute Gasteiger partial charge is 0.308 e. The van der Waals surface area contributed by atoms with Gasteiger partial charge in [-0.2, -0.15) is 0 Å². The van der Waals surface area contributed by atoms with Crippen LogP contribution in [0.3, 0.4) is 0 Å². The van der Waals surface area contributed by atoms with Gasteiger partial charge in [-0.25, -0.2) is 0 Å². The van der Waals surface area contributed by atoms with Crippen LogP contribution in [0, 0.1) is 0 Å². The summed E-state index contributed by atoms with van der Waals surface area (Å²) in [7, 11) is 6.01. The zero-order chi connectivity index (χ0) is 20.7. The zero-order valence-electron chi connectivity index (χ0n) is 16.4. The number of hydrogen-bond acceptors (Lipinski definition) is 7. The minimum absolute atomic E-state index is 0.182. The lowest BCUT2D eigenvalue weighted by atomic mass is 10.1. The number of carbonyl (C=O) groups is 2. The van der Waals surface area contributed by atoms with E-state index in [-0.39, 0.29) is 11.5 Å². The van der Waals surface area contributed by atoms with Crippen LogP contribution in [-0.2, 0) is 4.79 Å². The Hall–Kier alpha value is -3.48. The Balaban J connectivity index is 2.32. The molecule has 0 atom stereocenters. The first-order valence-electron chi connectivity index (χ1n) is 8.32. The number of rotatable bonds is 8. The highest BCUT2D eigenvalue weighted by atomic mass is 16.6. The monoisotopic (exact) mass is 386 g/mol. The van der Waals surface area contributed by atoms with Gasteiger partial charge < -0.3 is 23.7 Å². The van der Waals surface area contributed by atoms with Gasteiger partial charge in [-0.3, -0.25) is 9.59 Å². The lowest BCUT2D eigenvalue weighted by Gasteiger charge is -2.12. The molecule has 0 spiro atoms. The summed E-state index contributed by atoms with van der Waals surface area (Å²) in [6.07, 6.45) is 3.03. The highest BCUT2D eigenvalue weighted by Crippen LogP contribution is 2.38. The SMILES string of the molecule is COc1ccc(C(=O)/C=C/c2cc(OC)c(OC)c(OC)c2)cc1OC(C)=O. The van der Waals surface area contributed by atoms with Crippen molar-refractivity contribution in [2.24, 2.45) is 0 Å². The van der Waals surface area contributed by atoms with Crippen molar-refractivity contribution in [3.8, 4) is 28.7 Å². The molecular weight excluding hydrogens is 364 g/mol. The van der Waals surface area contributed by atoms with Gasteiger partial charge in [0.15, 0.2) is 28.8 Å². The topological polar surface area (TPSA) is 80.3 Å². The van der Waals surface area contributed by atoms with Crippen LogP contribution in [0.15, 0.2) is 36.4 Å². The molecule has 2 aromatic carbocycles. The molecule has 0 aliphatic carbocycles. The Labute approximate surface area is 163 Å². The van der Waals surface area contributed by atoms with Gasteiger partial charge in [0.1, 0.15) is 0 Å². The molecule has 0 aliphatic heterocycles. The predicted octanol–water partition coefficient (Wildman–Crippen LogP) is 3.54. The summed E-state index contributed by atoms with van der Waals surface area (Å²) in [4.78, 5) is 23.8. The minimum atomic E-state index is -0.504. The summed E-state index contributed by atoms with van der Waals surface area (Å²) in [6.45, 7) is 1.28. The molecule has 0 saturated heterocycles. The molecule has 0 bridgehead atoms. The maximum atomic E-state index is 12.5. The molecule has 0 radical (unpaired) electrons. The van der Waals surface area contributed by atoms with E-state index >= 15 is 0 Å². The average Bonchev–Trinajstić information content (AvgIpc) is 2.70. The van der Waals surface area contributed by atoms with Gasteiger partial charge in [0.2, 0.25) is 5.75 Å². The fraction of sp³-hybridized carbons (Fsp3) is 0.238. The molecule has 0 amide bonds. The van der Waals surface area contributed by atoms with E-state index in [9.17, 15) is 9.59 Å². The van der Waals surface area contributed by atoms with Gasteiger partial charge in [-0.15, -0.1) is 0 Å². The number of hydrogen-bond donors (Lipinski definition) is 0. The zero-order valence-corrected chi connectivity index (χ0v) is 16.4. The molecule has 0 fully saturated rings. The molecule has 0 heterocycles. The van der Waals surface area contributed by atoms with Crippen LogP contribution in [0.4, 0.5) is 0 Å². The average molecular weight is 386 g/mol. The summed E-state index contributed by atoms with van der Waals surface area (Å²) in [5.41, 5.74) is 1.04. The largest absolute Gasteiger partial charge is 0.493 e. The third-order valence-corrected chi connectivity index (χ3v) is 3.82. The van der Waals surface area contributed by atoms with Crippen LogP contribution in [0.1, 0.15) is 22.8 Å². The van der Waals surface area contributed by atoms with Crippen molar-refractivity contribution in [2.45, 2.75) is 6.92 Å². The third-order valence-electron chi connectivity index (χ3n) is 3.82. The standard InChI is InChI=1S/C21H22O7/c1-13(22)28-18-12-15(7-9-17(18)24-2)16(23)8-6-14-10-19(25-3)21(27-5)20(11-14)26-4/h6-12H,1-5H3/b8-6+. The van der Waals surface area contributed by atoms with Crippen molar-refractivity contribution < 1.29 is 33.3 Å². The van der Waals surface area contributed by atoms with Crippen LogP contribution >= 0.6 is 0 Å². The molecular formula is C21H22O7. The molecule has 0 unspecified atom stereocenters. The van der Waals surface area contributed by atoms with Gasteiger partial charge >= 0.3 is 5.97 Å². The Morgan fingerprint density at radius 3 is 1.89 bits per heavy atom. The minimum Gasteiger partial charge on any atom is -0.493 e. The highest BCUT2D eigenvalue weighted by molar-refractivity contribution is 6.07. The van der Waals surface area contributed by atoms with E-state index < -0.39 is 5.97 Å². The number of allylic oxidation sites excluding steroid dienone is 1. The lowest BCUT2D eigenvalue weighted by molar-refractivity contribution is -0.132. The number of esters is 1. The summed E-state index contributed by atoms with van der Waals surface area (Å²) >= 11 is 0. The second-order valence-corrected chi connectivity index (χ2v) is 5.62. The van der Waals surface area contributed by atoms with E-state index in [0.717, 1.165) is 0 Å². The number of benzene rings is 2. The van der Waals surface area contributed by atoms with Crippen LogP contribution in [-0.4, -0.2) is 40.2 Å². The van der Waals surface area contributed by atoms with Gasteiger partial charge in [-0.05, 0) is 42.0 Å². The van der Waals surface area contributed by atoms with Crippen molar-refractivity contribution in [3.63, 3.8) is 0 Å². The fourth-order valence-corrected chi connectivity index (χ4v) is 2.53. The number of ketones is 1. The molecule has 0 aliphatic rings. The normalized spacial score (nSPS) is 10.5. The third kappa shape index (κ3) is 4.82. The first kappa shape index (κ1) is 20.8. The highest BCUT2D eigenvalue weighted by Gasteiger charge is 2.13. The first-order valence-corrected chi connectivity index (χ1v) is 8.32. The molecule has 0 saturated carbocycles. The maximum absolute atomic E-state index is 12.5. The van der Waals surface area contributed by atoms with Gasteiger partial charge in [0.25, 0.3) is 0 Å². The second-order valence-electron chi connectivity index (χ2n) is 5.62. The molecule has 0 aromatic heterocycles. The quantitative estimate of drug-likeness (QED) is 0.297. The van der Waals surface area contributed by atoms with Crippen LogP contribution < -0.4 is 23.7 Å². The maximum Gasteiger partial charge on any atom is 0.308 e. The number of methoxy groups -OCH3 is 4.